The van der Waals surface area contributed by atoms with Gasteiger partial charge < -0.3 is 38.8 Å². The molecular weight excluding hydrogens is 944 g/mol. The minimum absolute atomic E-state index is 0.0131. The second-order valence-corrected chi connectivity index (χ2v) is 21.5. The number of hydrogen-bond acceptors (Lipinski definition) is 13. The van der Waals surface area contributed by atoms with E-state index in [-0.39, 0.29) is 56.9 Å². The first kappa shape index (κ1) is 51.6. The molecular formula is C50H66ClF2N9O7S. The Morgan fingerprint density at radius 2 is 1.83 bits per heavy atom. The van der Waals surface area contributed by atoms with Crippen LogP contribution in [0.4, 0.5) is 14.5 Å². The summed E-state index contributed by atoms with van der Waals surface area (Å²) in [6, 6.07) is 3.66. The second kappa shape index (κ2) is 21.5. The van der Waals surface area contributed by atoms with Crippen LogP contribution in [0.1, 0.15) is 76.8 Å². The Hall–Kier alpha value is -4.79. The number of halogens is 3. The number of likely N-dealkylation sites (tertiary alicyclic amines) is 1. The molecule has 4 aliphatic heterocycles. The molecule has 3 fully saturated rings. The Morgan fingerprint density at radius 1 is 1.09 bits per heavy atom. The number of fused-ring (bicyclic) bond motifs is 6. The molecule has 70 heavy (non-hydrogen) atoms. The van der Waals surface area contributed by atoms with E-state index in [0.717, 1.165) is 59.8 Å². The van der Waals surface area contributed by atoms with Crippen LogP contribution in [0, 0.1) is 23.1 Å². The van der Waals surface area contributed by atoms with Crippen molar-refractivity contribution in [2.24, 2.45) is 17.3 Å². The van der Waals surface area contributed by atoms with Crippen molar-refractivity contribution in [3.8, 4) is 22.5 Å². The van der Waals surface area contributed by atoms with Gasteiger partial charge in [0.25, 0.3) is 17.4 Å². The summed E-state index contributed by atoms with van der Waals surface area (Å²) in [7, 11) is 3.79. The van der Waals surface area contributed by atoms with Gasteiger partial charge in [-0.05, 0) is 69.8 Å². The zero-order valence-corrected chi connectivity index (χ0v) is 42.9. The summed E-state index contributed by atoms with van der Waals surface area (Å²) in [6.45, 7) is 16.5. The number of amides is 3. The van der Waals surface area contributed by atoms with Gasteiger partial charge in [0.05, 0.1) is 70.8 Å². The van der Waals surface area contributed by atoms with Gasteiger partial charge in [-0.15, -0.1) is 11.3 Å². The van der Waals surface area contributed by atoms with Gasteiger partial charge in [-0.3, -0.25) is 29.2 Å². The quantitative estimate of drug-likeness (QED) is 0.124. The van der Waals surface area contributed by atoms with Gasteiger partial charge in [0.2, 0.25) is 5.91 Å². The number of alkyl halides is 2. The molecule has 8 rings (SSSR count). The minimum atomic E-state index is -2.14. The molecule has 3 aromatic heterocycles. The lowest BCUT2D eigenvalue weighted by Gasteiger charge is -2.39. The topological polar surface area (TPSA) is 164 Å². The van der Waals surface area contributed by atoms with E-state index in [1.165, 1.54) is 21.2 Å². The van der Waals surface area contributed by atoms with Gasteiger partial charge >= 0.3 is 5.97 Å². The third-order valence-electron chi connectivity index (χ3n) is 14.2. The zero-order valence-electron chi connectivity index (χ0n) is 41.4. The first-order chi connectivity index (χ1) is 33.4. The number of pyridine rings is 1. The number of hydrazine groups is 1. The number of thiazole rings is 1. The van der Waals surface area contributed by atoms with Crippen LogP contribution >= 0.6 is 22.9 Å². The van der Waals surface area contributed by atoms with E-state index in [0.29, 0.717) is 42.0 Å². The third-order valence-corrected chi connectivity index (χ3v) is 15.2. The number of carbonyl (C=O) groups is 4. The van der Waals surface area contributed by atoms with Gasteiger partial charge in [0.15, 0.2) is 0 Å². The Bertz CT molecular complexity index is 2580. The number of aromatic nitrogens is 3. The van der Waals surface area contributed by atoms with E-state index < -0.39 is 64.7 Å². The average molecular weight is 1010 g/mol. The lowest BCUT2D eigenvalue weighted by Crippen LogP contribution is -2.61. The summed E-state index contributed by atoms with van der Waals surface area (Å²) in [5.74, 6) is -3.63. The van der Waals surface area contributed by atoms with Crippen LogP contribution in [0.2, 0.25) is 0 Å². The number of benzene rings is 1. The average Bonchev–Trinajstić information content (AvgIpc) is 3.90. The van der Waals surface area contributed by atoms with Gasteiger partial charge in [-0.1, -0.05) is 39.3 Å². The first-order valence-electron chi connectivity index (χ1n) is 24.3. The number of esters is 1. The van der Waals surface area contributed by atoms with Crippen molar-refractivity contribution < 1.29 is 42.2 Å². The van der Waals surface area contributed by atoms with Crippen molar-refractivity contribution in [3.63, 3.8) is 0 Å². The van der Waals surface area contributed by atoms with Gasteiger partial charge in [-0.2, -0.15) is 0 Å². The fraction of sp³-hybridized carbons (Fsp3) is 0.600. The van der Waals surface area contributed by atoms with E-state index in [4.69, 9.17) is 35.8 Å². The number of ether oxygens (including phenoxy) is 3. The number of methoxy groups -OCH3 is 1. The maximum atomic E-state index is 16.9. The predicted octanol–water partition coefficient (Wildman–Crippen LogP) is 6.13. The number of piperazine rings is 1. The molecule has 0 aliphatic carbocycles. The van der Waals surface area contributed by atoms with Gasteiger partial charge in [0.1, 0.15) is 17.9 Å². The first-order valence-corrected chi connectivity index (χ1v) is 25.7. The standard InChI is InChI=1S/C50H66ClF2N9O7S/c1-9-61-41-19-37(52)33-18-32(41)35(44(61)34-17-30(22-54-43(34)29(4)67-8)59-15-13-58(7)14-16-59)21-50(5,6)27-69-49(66)38-11-10-12-62(57-38)47(64)39(20-42-55-40(33)26-70-42)56-46(63)36(28(2)3)25-68-31-23-60(24-31)48(65)45(51)53/h17-19,22,26,28-29,31,36,38-39,45,57H,9-16,20-21,23-25,27H2,1-8H3,(H,56,63)/t29-,36+,38-,39-,45-/m0/s1. The Morgan fingerprint density at radius 3 is 2.51 bits per heavy atom. The van der Waals surface area contributed by atoms with E-state index in [2.05, 4.69) is 38.2 Å². The highest BCUT2D eigenvalue weighted by molar-refractivity contribution is 7.10. The number of nitrogens with one attached hydrogen (secondary N) is 2. The van der Waals surface area contributed by atoms with Gasteiger partial charge in [-0.25, -0.2) is 19.2 Å². The van der Waals surface area contributed by atoms with E-state index in [1.54, 1.807) is 18.6 Å². The molecule has 1 aromatic carbocycles. The molecule has 0 unspecified atom stereocenters. The number of carbonyl (C=O) groups excluding carboxylic acids is 4. The molecule has 20 heteroatoms. The highest BCUT2D eigenvalue weighted by atomic mass is 35.5. The second-order valence-electron chi connectivity index (χ2n) is 20.2. The maximum Gasteiger partial charge on any atom is 0.324 e. The summed E-state index contributed by atoms with van der Waals surface area (Å²) < 4.78 is 50.5. The van der Waals surface area contributed by atoms with E-state index >= 15 is 4.39 Å². The van der Waals surface area contributed by atoms with Crippen molar-refractivity contribution in [1.29, 1.82) is 0 Å². The maximum absolute atomic E-state index is 16.9. The Balaban J connectivity index is 1.18. The van der Waals surface area contributed by atoms with Crippen LogP contribution in [-0.2, 0) is 52.8 Å². The lowest BCUT2D eigenvalue weighted by molar-refractivity contribution is -0.155. The molecule has 3 amide bonds. The monoisotopic (exact) mass is 1010 g/mol. The van der Waals surface area contributed by atoms with Gasteiger partial charge in [0, 0.05) is 93.2 Å². The van der Waals surface area contributed by atoms with Crippen LogP contribution in [0.3, 0.4) is 0 Å². The molecule has 0 radical (unpaired) electrons. The molecule has 0 spiro atoms. The third kappa shape index (κ3) is 11.0. The molecule has 0 saturated carbocycles. The van der Waals surface area contributed by atoms with Crippen LogP contribution in [0.15, 0.2) is 29.8 Å². The van der Waals surface area contributed by atoms with Crippen molar-refractivity contribution in [2.75, 3.05) is 78.1 Å². The number of likely N-dealkylation sites (N-methyl/N-ethyl adjacent to an activating group) is 1. The van der Waals surface area contributed by atoms with Crippen LogP contribution in [0.25, 0.3) is 33.4 Å². The SMILES string of the molecule is CCn1c(-c2cc(N3CCN(C)CC3)cnc2[C@H](C)OC)c2c3cc(c(F)cc31)-c1csc(n1)C[C@H](NC(=O)[C@H](COC1CN(C(=O)[C@H](F)Cl)C1)C(C)C)C(=O)N1CCC[C@H](N1)C(=O)OCC(C)(C)C2. The number of rotatable bonds is 12. The number of anilines is 1. The number of cyclic esters (lactones) is 1. The fourth-order valence-corrected chi connectivity index (χ4v) is 10.8. The normalized spacial score (nSPS) is 21.9. The van der Waals surface area contributed by atoms with Crippen molar-refractivity contribution >= 4 is 63.2 Å². The van der Waals surface area contributed by atoms with E-state index in [1.807, 2.05) is 53.8 Å². The molecule has 2 N–H and O–H groups in total. The van der Waals surface area contributed by atoms with Crippen molar-refractivity contribution in [2.45, 2.75) is 104 Å². The predicted molar refractivity (Wildman–Crippen MR) is 264 cm³/mol. The Kier molecular flexibility index (Phi) is 15.8. The fourth-order valence-electron chi connectivity index (χ4n) is 9.83. The molecule has 4 aromatic rings. The summed E-state index contributed by atoms with van der Waals surface area (Å²) in [6.07, 6.45) is 2.51. The highest BCUT2D eigenvalue weighted by Crippen LogP contribution is 2.44. The summed E-state index contributed by atoms with van der Waals surface area (Å²) in [4.78, 5) is 70.6. The summed E-state index contributed by atoms with van der Waals surface area (Å²) in [5, 5.41) is 7.43. The van der Waals surface area contributed by atoms with E-state index in [9.17, 15) is 23.6 Å². The minimum Gasteiger partial charge on any atom is -0.464 e. The van der Waals surface area contributed by atoms with Crippen LogP contribution in [0.5, 0.6) is 0 Å². The molecule has 5 atom stereocenters. The Labute approximate surface area is 417 Å². The molecule has 16 nitrogen and oxygen atoms in total. The number of aryl methyl sites for hydroxylation is 1. The lowest BCUT2D eigenvalue weighted by atomic mass is 9.84. The molecule has 380 valence electrons. The smallest absolute Gasteiger partial charge is 0.324 e. The van der Waals surface area contributed by atoms with Crippen molar-refractivity contribution in [3.05, 3.63) is 51.9 Å². The highest BCUT2D eigenvalue weighted by Gasteiger charge is 2.39. The summed E-state index contributed by atoms with van der Waals surface area (Å²) in [5.41, 5.74) is 6.17. The zero-order chi connectivity index (χ0) is 50.2. The molecule has 6 bridgehead atoms. The molecule has 3 saturated heterocycles. The summed E-state index contributed by atoms with van der Waals surface area (Å²) >= 11 is 6.59. The van der Waals surface area contributed by atoms with Crippen LogP contribution < -0.4 is 15.6 Å². The molecule has 4 aliphatic rings. The number of nitrogens with zero attached hydrogens (tertiary/aromatic N) is 7. The largest absolute Gasteiger partial charge is 0.464 e. The number of hydrogen-bond donors (Lipinski definition) is 2. The van der Waals surface area contributed by atoms with Crippen molar-refractivity contribution in [1.82, 2.24) is 40.1 Å². The van der Waals surface area contributed by atoms with Crippen LogP contribution in [-0.4, -0.2) is 150 Å². The molecule has 7 heterocycles.